The van der Waals surface area contributed by atoms with Crippen molar-refractivity contribution in [3.05, 3.63) is 35.4 Å². The third kappa shape index (κ3) is 4.45. The number of nitrogens with one attached hydrogen (secondary N) is 2. The molecule has 1 heterocycles. The Labute approximate surface area is 155 Å². The molecule has 0 radical (unpaired) electrons. The van der Waals surface area contributed by atoms with Gasteiger partial charge in [-0.15, -0.1) is 0 Å². The second-order valence-electron chi connectivity index (χ2n) is 7.28. The van der Waals surface area contributed by atoms with Crippen LogP contribution < -0.4 is 15.5 Å². The van der Waals surface area contributed by atoms with Crippen LogP contribution in [0.1, 0.15) is 51.5 Å². The molecule has 3 rings (SSSR count). The lowest BCUT2D eigenvalue weighted by atomic mass is 9.97. The molecule has 2 N–H and O–H groups in total. The maximum Gasteiger partial charge on any atom is 0.242 e. The predicted octanol–water partition coefficient (Wildman–Crippen LogP) is 3.40. The van der Waals surface area contributed by atoms with Crippen molar-refractivity contribution in [2.75, 3.05) is 23.3 Å². The second-order valence-corrected chi connectivity index (χ2v) is 7.28. The van der Waals surface area contributed by atoms with Crippen LogP contribution in [0.3, 0.4) is 0 Å². The van der Waals surface area contributed by atoms with Gasteiger partial charge >= 0.3 is 0 Å². The fourth-order valence-electron chi connectivity index (χ4n) is 3.77. The summed E-state index contributed by atoms with van der Waals surface area (Å²) < 4.78 is 0. The summed E-state index contributed by atoms with van der Waals surface area (Å²) in [5, 5.41) is 6.30. The Kier molecular flexibility index (Phi) is 5.96. The molecule has 1 aromatic rings. The first-order valence-electron chi connectivity index (χ1n) is 9.68. The van der Waals surface area contributed by atoms with E-state index in [1.54, 1.807) is 11.8 Å². The Balaban J connectivity index is 1.50. The molecule has 5 nitrogen and oxygen atoms in total. The van der Waals surface area contributed by atoms with Crippen LogP contribution in [0.15, 0.2) is 29.8 Å². The summed E-state index contributed by atoms with van der Waals surface area (Å²) in [7, 11) is 0. The van der Waals surface area contributed by atoms with E-state index in [-0.39, 0.29) is 17.9 Å². The molecule has 140 valence electrons. The molecule has 1 aliphatic heterocycles. The summed E-state index contributed by atoms with van der Waals surface area (Å²) in [5.41, 5.74) is 4.54. The Bertz CT molecular complexity index is 711. The third-order valence-electron chi connectivity index (χ3n) is 5.26. The van der Waals surface area contributed by atoms with Crippen LogP contribution in [0, 0.1) is 0 Å². The molecule has 5 heteroatoms. The molecule has 2 amide bonds. The SMILES string of the molecule is CC(=O)N1CCc2cc(NC(C)C(=O)NCCC3=CCCCC3)ccc21. The Morgan fingerprint density at radius 1 is 1.23 bits per heavy atom. The van der Waals surface area contributed by atoms with E-state index < -0.39 is 0 Å². The molecule has 1 atom stereocenters. The number of rotatable bonds is 6. The highest BCUT2D eigenvalue weighted by atomic mass is 16.2. The minimum atomic E-state index is -0.293. The van der Waals surface area contributed by atoms with E-state index in [0.717, 1.165) is 36.3 Å². The highest BCUT2D eigenvalue weighted by Gasteiger charge is 2.22. The maximum absolute atomic E-state index is 12.3. The van der Waals surface area contributed by atoms with Gasteiger partial charge in [-0.2, -0.15) is 0 Å². The van der Waals surface area contributed by atoms with E-state index in [0.29, 0.717) is 6.54 Å². The fraction of sp³-hybridized carbons (Fsp3) is 0.524. The lowest BCUT2D eigenvalue weighted by molar-refractivity contribution is -0.121. The number of allylic oxidation sites excluding steroid dienone is 1. The van der Waals surface area contributed by atoms with Gasteiger partial charge in [-0.25, -0.2) is 0 Å². The Morgan fingerprint density at radius 3 is 2.81 bits per heavy atom. The van der Waals surface area contributed by atoms with Gasteiger partial charge in [-0.1, -0.05) is 11.6 Å². The standard InChI is InChI=1S/C21H29N3O2/c1-15(21(26)22-12-10-17-6-4-3-5-7-17)23-19-8-9-20-18(14-19)11-13-24(20)16(2)25/h6,8-9,14-15,23H,3-5,7,10-13H2,1-2H3,(H,22,26). The smallest absolute Gasteiger partial charge is 0.242 e. The van der Waals surface area contributed by atoms with E-state index in [1.165, 1.54) is 31.3 Å². The normalized spacial score (nSPS) is 17.3. The van der Waals surface area contributed by atoms with E-state index in [9.17, 15) is 9.59 Å². The van der Waals surface area contributed by atoms with E-state index in [4.69, 9.17) is 0 Å². The maximum atomic E-state index is 12.3. The summed E-state index contributed by atoms with van der Waals surface area (Å²) in [6.07, 6.45) is 9.07. The van der Waals surface area contributed by atoms with Gasteiger partial charge in [0.2, 0.25) is 11.8 Å². The minimum absolute atomic E-state index is 0.0206. The summed E-state index contributed by atoms with van der Waals surface area (Å²) >= 11 is 0. The van der Waals surface area contributed by atoms with Crippen molar-refractivity contribution >= 4 is 23.2 Å². The molecule has 0 aromatic heterocycles. The number of fused-ring (bicyclic) bond motifs is 1. The highest BCUT2D eigenvalue weighted by Crippen LogP contribution is 2.30. The first kappa shape index (κ1) is 18.5. The molecule has 1 unspecified atom stereocenters. The van der Waals surface area contributed by atoms with Crippen LogP contribution in [0.5, 0.6) is 0 Å². The molecular weight excluding hydrogens is 326 g/mol. The van der Waals surface area contributed by atoms with Gasteiger partial charge in [0.05, 0.1) is 0 Å². The third-order valence-corrected chi connectivity index (χ3v) is 5.26. The van der Waals surface area contributed by atoms with Crippen LogP contribution in [-0.4, -0.2) is 30.9 Å². The van der Waals surface area contributed by atoms with Gasteiger partial charge in [-0.05, 0) is 69.2 Å². The molecule has 26 heavy (non-hydrogen) atoms. The zero-order chi connectivity index (χ0) is 18.5. The molecular formula is C21H29N3O2. The van der Waals surface area contributed by atoms with Gasteiger partial charge in [0, 0.05) is 31.4 Å². The monoisotopic (exact) mass is 355 g/mol. The average molecular weight is 355 g/mol. The lowest BCUT2D eigenvalue weighted by Gasteiger charge is -2.18. The molecule has 0 saturated carbocycles. The van der Waals surface area contributed by atoms with Crippen LogP contribution in [-0.2, 0) is 16.0 Å². The van der Waals surface area contributed by atoms with Crippen LogP contribution in [0.4, 0.5) is 11.4 Å². The second kappa shape index (κ2) is 8.39. The van der Waals surface area contributed by atoms with Crippen molar-refractivity contribution in [2.45, 2.75) is 58.4 Å². The molecule has 2 aliphatic rings. The van der Waals surface area contributed by atoms with Gasteiger partial charge < -0.3 is 15.5 Å². The van der Waals surface area contributed by atoms with Crippen molar-refractivity contribution in [1.29, 1.82) is 0 Å². The van der Waals surface area contributed by atoms with Gasteiger partial charge in [0.15, 0.2) is 0 Å². The van der Waals surface area contributed by atoms with Gasteiger partial charge in [-0.3, -0.25) is 9.59 Å². The van der Waals surface area contributed by atoms with Crippen LogP contribution >= 0.6 is 0 Å². The average Bonchev–Trinajstić information content (AvgIpc) is 3.06. The number of anilines is 2. The largest absolute Gasteiger partial charge is 0.374 e. The van der Waals surface area contributed by atoms with E-state index in [2.05, 4.69) is 22.8 Å². The number of carbonyl (C=O) groups is 2. The topological polar surface area (TPSA) is 61.4 Å². The zero-order valence-corrected chi connectivity index (χ0v) is 15.8. The highest BCUT2D eigenvalue weighted by molar-refractivity contribution is 5.94. The van der Waals surface area contributed by atoms with Crippen molar-refractivity contribution in [1.82, 2.24) is 5.32 Å². The molecule has 1 aliphatic carbocycles. The van der Waals surface area contributed by atoms with Gasteiger partial charge in [0.1, 0.15) is 6.04 Å². The fourth-order valence-corrected chi connectivity index (χ4v) is 3.77. The van der Waals surface area contributed by atoms with Crippen molar-refractivity contribution in [2.24, 2.45) is 0 Å². The number of carbonyl (C=O) groups excluding carboxylic acids is 2. The molecule has 0 spiro atoms. The number of hydrogen-bond donors (Lipinski definition) is 2. The Morgan fingerprint density at radius 2 is 2.08 bits per heavy atom. The zero-order valence-electron chi connectivity index (χ0n) is 15.8. The minimum Gasteiger partial charge on any atom is -0.374 e. The van der Waals surface area contributed by atoms with Crippen molar-refractivity contribution in [3.8, 4) is 0 Å². The number of amides is 2. The number of nitrogens with zero attached hydrogens (tertiary/aromatic N) is 1. The number of benzene rings is 1. The first-order valence-corrected chi connectivity index (χ1v) is 9.68. The summed E-state index contributed by atoms with van der Waals surface area (Å²) in [6.45, 7) is 4.91. The summed E-state index contributed by atoms with van der Waals surface area (Å²) in [5.74, 6) is 0.0950. The predicted molar refractivity (Wildman–Crippen MR) is 105 cm³/mol. The van der Waals surface area contributed by atoms with Crippen LogP contribution in [0.25, 0.3) is 0 Å². The molecule has 1 aromatic carbocycles. The Hall–Kier alpha value is -2.30. The molecule has 0 fully saturated rings. The van der Waals surface area contributed by atoms with E-state index >= 15 is 0 Å². The van der Waals surface area contributed by atoms with Crippen LogP contribution in [0.2, 0.25) is 0 Å². The first-order chi connectivity index (χ1) is 12.5. The van der Waals surface area contributed by atoms with Crippen molar-refractivity contribution in [3.63, 3.8) is 0 Å². The summed E-state index contributed by atoms with van der Waals surface area (Å²) in [4.78, 5) is 25.7. The molecule has 0 bridgehead atoms. The van der Waals surface area contributed by atoms with Gasteiger partial charge in [0.25, 0.3) is 0 Å². The summed E-state index contributed by atoms with van der Waals surface area (Å²) in [6, 6.07) is 5.66. The van der Waals surface area contributed by atoms with E-state index in [1.807, 2.05) is 19.1 Å². The quantitative estimate of drug-likeness (QED) is 0.769. The van der Waals surface area contributed by atoms with Crippen molar-refractivity contribution < 1.29 is 9.59 Å². The number of hydrogen-bond acceptors (Lipinski definition) is 3. The molecule has 0 saturated heterocycles. The lowest BCUT2D eigenvalue weighted by Crippen LogP contribution is -2.38.